The Labute approximate surface area is 123 Å². The summed E-state index contributed by atoms with van der Waals surface area (Å²) in [5.41, 5.74) is 0.838. The molecule has 1 aromatic heterocycles. The molecule has 0 spiro atoms. The summed E-state index contributed by atoms with van der Waals surface area (Å²) >= 11 is 3.33. The van der Waals surface area contributed by atoms with E-state index in [2.05, 4.69) is 15.9 Å². The maximum absolute atomic E-state index is 11.9. The molecule has 0 unspecified atom stereocenters. The fraction of sp³-hybridized carbons (Fsp3) is 0.154. The van der Waals surface area contributed by atoms with Gasteiger partial charge >= 0.3 is 5.97 Å². The molecular formula is C13H11BrN2O4. The minimum atomic E-state index is -0.597. The van der Waals surface area contributed by atoms with Gasteiger partial charge in [0, 0.05) is 17.6 Å². The summed E-state index contributed by atoms with van der Waals surface area (Å²) < 4.78 is 7.41. The summed E-state index contributed by atoms with van der Waals surface area (Å²) in [6.45, 7) is 0.108. The molecule has 0 aliphatic carbocycles. The first kappa shape index (κ1) is 14.3. The number of aromatic nitrogens is 1. The Kier molecular flexibility index (Phi) is 4.19. The average molecular weight is 339 g/mol. The van der Waals surface area contributed by atoms with Crippen LogP contribution in [0.1, 0.15) is 16.1 Å². The highest BCUT2D eigenvalue weighted by Crippen LogP contribution is 2.17. The van der Waals surface area contributed by atoms with E-state index in [1.165, 1.54) is 16.8 Å². The Morgan fingerprint density at radius 2 is 2.20 bits per heavy atom. The van der Waals surface area contributed by atoms with Crippen LogP contribution in [0.3, 0.4) is 0 Å². The molecule has 0 bridgehead atoms. The van der Waals surface area contributed by atoms with Crippen LogP contribution in [0.15, 0.2) is 41.0 Å². The van der Waals surface area contributed by atoms with Crippen molar-refractivity contribution < 1.29 is 14.5 Å². The van der Waals surface area contributed by atoms with Crippen molar-refractivity contribution in [2.24, 2.45) is 7.05 Å². The van der Waals surface area contributed by atoms with Crippen molar-refractivity contribution in [3.8, 4) is 0 Å². The van der Waals surface area contributed by atoms with Gasteiger partial charge < -0.3 is 9.30 Å². The first-order chi connectivity index (χ1) is 9.47. The number of aryl methyl sites for hydroxylation is 1. The fourth-order valence-corrected chi connectivity index (χ4v) is 2.15. The van der Waals surface area contributed by atoms with E-state index in [4.69, 9.17) is 4.74 Å². The molecule has 0 aliphatic rings. The lowest BCUT2D eigenvalue weighted by Gasteiger charge is -2.05. The number of nitrogens with zero attached hydrogens (tertiary/aromatic N) is 2. The summed E-state index contributed by atoms with van der Waals surface area (Å²) in [6.07, 6.45) is 1.27. The molecule has 1 heterocycles. The SMILES string of the molecule is Cn1cc([N+](=O)[O-])cc1C(=O)OCc1cccc(Br)c1. The quantitative estimate of drug-likeness (QED) is 0.487. The molecule has 0 atom stereocenters. The van der Waals surface area contributed by atoms with Gasteiger partial charge in [-0.05, 0) is 17.7 Å². The van der Waals surface area contributed by atoms with Crippen molar-refractivity contribution >= 4 is 27.6 Å². The number of rotatable bonds is 4. The summed E-state index contributed by atoms with van der Waals surface area (Å²) in [7, 11) is 1.56. The van der Waals surface area contributed by atoms with Crippen molar-refractivity contribution in [1.82, 2.24) is 4.57 Å². The van der Waals surface area contributed by atoms with Gasteiger partial charge in [0.25, 0.3) is 5.69 Å². The van der Waals surface area contributed by atoms with Gasteiger partial charge in [0.15, 0.2) is 0 Å². The van der Waals surface area contributed by atoms with Gasteiger partial charge in [-0.15, -0.1) is 0 Å². The van der Waals surface area contributed by atoms with Crippen molar-refractivity contribution in [2.45, 2.75) is 6.61 Å². The van der Waals surface area contributed by atoms with Crippen LogP contribution in [0.5, 0.6) is 0 Å². The zero-order valence-electron chi connectivity index (χ0n) is 10.6. The molecule has 0 radical (unpaired) electrons. The molecule has 0 saturated carbocycles. The second kappa shape index (κ2) is 5.87. The normalized spacial score (nSPS) is 10.3. The van der Waals surface area contributed by atoms with E-state index in [9.17, 15) is 14.9 Å². The lowest BCUT2D eigenvalue weighted by molar-refractivity contribution is -0.384. The van der Waals surface area contributed by atoms with E-state index >= 15 is 0 Å². The fourth-order valence-electron chi connectivity index (χ4n) is 1.70. The van der Waals surface area contributed by atoms with Gasteiger partial charge in [0.2, 0.25) is 0 Å². The predicted octanol–water partition coefficient (Wildman–Crippen LogP) is 3.05. The highest BCUT2D eigenvalue weighted by molar-refractivity contribution is 9.10. The Hall–Kier alpha value is -2.15. The second-order valence-corrected chi connectivity index (χ2v) is 5.07. The summed E-state index contributed by atoms with van der Waals surface area (Å²) in [5.74, 6) is -0.597. The van der Waals surface area contributed by atoms with Gasteiger partial charge in [-0.25, -0.2) is 4.79 Å². The third-order valence-electron chi connectivity index (χ3n) is 2.67. The molecule has 0 aliphatic heterocycles. The van der Waals surface area contributed by atoms with Gasteiger partial charge in [-0.1, -0.05) is 28.1 Å². The zero-order chi connectivity index (χ0) is 14.7. The van der Waals surface area contributed by atoms with Crippen LogP contribution in [0.25, 0.3) is 0 Å². The molecule has 2 aromatic rings. The second-order valence-electron chi connectivity index (χ2n) is 4.16. The van der Waals surface area contributed by atoms with E-state index in [0.717, 1.165) is 10.0 Å². The summed E-state index contributed by atoms with van der Waals surface area (Å²) in [6, 6.07) is 8.56. The van der Waals surface area contributed by atoms with Crippen LogP contribution in [-0.4, -0.2) is 15.5 Å². The van der Waals surface area contributed by atoms with E-state index in [1.54, 1.807) is 7.05 Å². The first-order valence-electron chi connectivity index (χ1n) is 5.69. The smallest absolute Gasteiger partial charge is 0.355 e. The minimum Gasteiger partial charge on any atom is -0.456 e. The number of ether oxygens (including phenoxy) is 1. The average Bonchev–Trinajstić information content (AvgIpc) is 2.78. The van der Waals surface area contributed by atoms with Crippen molar-refractivity contribution in [1.29, 1.82) is 0 Å². The monoisotopic (exact) mass is 338 g/mol. The third-order valence-corrected chi connectivity index (χ3v) is 3.16. The lowest BCUT2D eigenvalue weighted by atomic mass is 10.2. The number of halogens is 1. The van der Waals surface area contributed by atoms with Gasteiger partial charge in [0.1, 0.15) is 12.3 Å². The van der Waals surface area contributed by atoms with Crippen molar-refractivity contribution in [3.05, 3.63) is 62.4 Å². The van der Waals surface area contributed by atoms with Gasteiger partial charge in [-0.2, -0.15) is 0 Å². The summed E-state index contributed by atoms with van der Waals surface area (Å²) in [4.78, 5) is 22.0. The highest BCUT2D eigenvalue weighted by atomic mass is 79.9. The number of hydrogen-bond donors (Lipinski definition) is 0. The molecule has 104 valence electrons. The zero-order valence-corrected chi connectivity index (χ0v) is 12.2. The number of hydrogen-bond acceptors (Lipinski definition) is 4. The maximum atomic E-state index is 11.9. The van der Waals surface area contributed by atoms with Crippen molar-refractivity contribution in [3.63, 3.8) is 0 Å². The molecule has 0 N–H and O–H groups in total. The van der Waals surface area contributed by atoms with E-state index in [1.807, 2.05) is 24.3 Å². The number of esters is 1. The van der Waals surface area contributed by atoms with Crippen molar-refractivity contribution in [2.75, 3.05) is 0 Å². The van der Waals surface area contributed by atoms with E-state index in [0.29, 0.717) is 0 Å². The topological polar surface area (TPSA) is 74.4 Å². The minimum absolute atomic E-state index is 0.108. The molecular weight excluding hydrogens is 328 g/mol. The number of carbonyl (C=O) groups excluding carboxylic acids is 1. The van der Waals surface area contributed by atoms with E-state index in [-0.39, 0.29) is 18.0 Å². The van der Waals surface area contributed by atoms with Crippen LogP contribution in [0.4, 0.5) is 5.69 Å². The standard InChI is InChI=1S/C13H11BrN2O4/c1-15-7-11(16(18)19)6-12(15)13(17)20-8-9-3-2-4-10(14)5-9/h2-7H,8H2,1H3. The van der Waals surface area contributed by atoms with Crippen LogP contribution < -0.4 is 0 Å². The third kappa shape index (κ3) is 3.24. The number of nitro groups is 1. The molecule has 7 heteroatoms. The van der Waals surface area contributed by atoms with Crippen LogP contribution in [0, 0.1) is 10.1 Å². The molecule has 6 nitrogen and oxygen atoms in total. The molecule has 20 heavy (non-hydrogen) atoms. The molecule has 0 saturated heterocycles. The van der Waals surface area contributed by atoms with E-state index < -0.39 is 10.9 Å². The molecule has 1 aromatic carbocycles. The Morgan fingerprint density at radius 1 is 1.45 bits per heavy atom. The van der Waals surface area contributed by atoms with Gasteiger partial charge in [0.05, 0.1) is 11.1 Å². The molecule has 2 rings (SSSR count). The predicted molar refractivity (Wildman–Crippen MR) is 75.3 cm³/mol. The van der Waals surface area contributed by atoms with Crippen LogP contribution in [-0.2, 0) is 18.4 Å². The molecule has 0 fully saturated rings. The number of benzene rings is 1. The van der Waals surface area contributed by atoms with Crippen LogP contribution in [0.2, 0.25) is 0 Å². The molecule has 0 amide bonds. The Bertz CT molecular complexity index is 666. The number of carbonyl (C=O) groups is 1. The Morgan fingerprint density at radius 3 is 2.80 bits per heavy atom. The Balaban J connectivity index is 2.07. The van der Waals surface area contributed by atoms with Gasteiger partial charge in [-0.3, -0.25) is 10.1 Å². The largest absolute Gasteiger partial charge is 0.456 e. The first-order valence-corrected chi connectivity index (χ1v) is 6.49. The lowest BCUT2D eigenvalue weighted by Crippen LogP contribution is -2.09. The highest BCUT2D eigenvalue weighted by Gasteiger charge is 2.18. The maximum Gasteiger partial charge on any atom is 0.355 e. The summed E-state index contributed by atoms with van der Waals surface area (Å²) in [5, 5.41) is 10.6. The van der Waals surface area contributed by atoms with Crippen LogP contribution >= 0.6 is 15.9 Å².